The van der Waals surface area contributed by atoms with Gasteiger partial charge >= 0.3 is 5.97 Å². The maximum Gasteiger partial charge on any atom is 0.335 e. The van der Waals surface area contributed by atoms with Gasteiger partial charge < -0.3 is 15.2 Å². The summed E-state index contributed by atoms with van der Waals surface area (Å²) in [5.41, 5.74) is 0.296. The minimum Gasteiger partial charge on any atom is -0.489 e. The molecule has 9 heteroatoms. The predicted molar refractivity (Wildman–Crippen MR) is 102 cm³/mol. The van der Waals surface area contributed by atoms with Crippen molar-refractivity contribution in [1.82, 2.24) is 4.31 Å². The van der Waals surface area contributed by atoms with E-state index in [1.807, 2.05) is 13.8 Å². The second-order valence-electron chi connectivity index (χ2n) is 6.77. The number of hydrogen-bond donors (Lipinski definition) is 2. The van der Waals surface area contributed by atoms with Crippen molar-refractivity contribution < 1.29 is 27.9 Å². The molecule has 1 fully saturated rings. The summed E-state index contributed by atoms with van der Waals surface area (Å²) in [6.07, 6.45) is 1.01. The lowest BCUT2D eigenvalue weighted by Crippen LogP contribution is -2.44. The number of amides is 1. The van der Waals surface area contributed by atoms with Crippen LogP contribution in [0.3, 0.4) is 0 Å². The number of nitrogens with zero attached hydrogens (tertiary/aromatic N) is 1. The smallest absolute Gasteiger partial charge is 0.335 e. The molecule has 0 radical (unpaired) electrons. The van der Waals surface area contributed by atoms with E-state index in [0.29, 0.717) is 25.1 Å². The van der Waals surface area contributed by atoms with Crippen LogP contribution < -0.4 is 10.1 Å². The van der Waals surface area contributed by atoms with Gasteiger partial charge in [-0.25, -0.2) is 17.5 Å². The number of hydrogen-bond acceptors (Lipinski definition) is 5. The maximum atomic E-state index is 12.7. The molecule has 0 spiro atoms. The van der Waals surface area contributed by atoms with Crippen molar-refractivity contribution in [2.24, 2.45) is 5.92 Å². The van der Waals surface area contributed by atoms with Crippen molar-refractivity contribution in [3.05, 3.63) is 23.8 Å². The Bertz CT molecular complexity index is 806. The minimum atomic E-state index is -3.35. The maximum absolute atomic E-state index is 12.7. The molecule has 27 heavy (non-hydrogen) atoms. The quantitative estimate of drug-likeness (QED) is 0.728. The average molecular weight is 398 g/mol. The molecule has 1 aliphatic rings. The van der Waals surface area contributed by atoms with E-state index in [2.05, 4.69) is 5.32 Å². The van der Waals surface area contributed by atoms with Crippen LogP contribution in [-0.2, 0) is 14.8 Å². The second kappa shape index (κ2) is 8.71. The number of rotatable bonds is 7. The summed E-state index contributed by atoms with van der Waals surface area (Å²) in [5.74, 6) is -1.59. The van der Waals surface area contributed by atoms with Crippen LogP contribution in [0.15, 0.2) is 18.2 Å². The van der Waals surface area contributed by atoms with E-state index in [1.165, 1.54) is 22.5 Å². The van der Waals surface area contributed by atoms with Crippen molar-refractivity contribution in [3.63, 3.8) is 0 Å². The van der Waals surface area contributed by atoms with E-state index in [1.54, 1.807) is 6.92 Å². The lowest BCUT2D eigenvalue weighted by atomic mass is 9.98. The van der Waals surface area contributed by atoms with Crippen molar-refractivity contribution >= 4 is 27.6 Å². The number of carbonyl (C=O) groups excluding carboxylic acids is 1. The molecule has 1 amide bonds. The highest BCUT2D eigenvalue weighted by atomic mass is 32.2. The summed E-state index contributed by atoms with van der Waals surface area (Å²) in [5, 5.41) is 11.9. The van der Waals surface area contributed by atoms with Gasteiger partial charge in [-0.2, -0.15) is 0 Å². The molecule has 2 N–H and O–H groups in total. The largest absolute Gasteiger partial charge is 0.489 e. The molecule has 0 aromatic heterocycles. The predicted octanol–water partition coefficient (Wildman–Crippen LogP) is 2.17. The van der Waals surface area contributed by atoms with Gasteiger partial charge in [0.2, 0.25) is 15.9 Å². The van der Waals surface area contributed by atoms with E-state index >= 15 is 0 Å². The van der Waals surface area contributed by atoms with Gasteiger partial charge in [0.1, 0.15) is 5.75 Å². The Balaban J connectivity index is 2.20. The first-order valence-corrected chi connectivity index (χ1v) is 10.6. The highest BCUT2D eigenvalue weighted by molar-refractivity contribution is 7.89. The second-order valence-corrected chi connectivity index (χ2v) is 9.03. The SMILES string of the molecule is CCS(=O)(=O)N1CCCC(C(=O)Nc2cc(C(=O)O)ccc2OC(C)C)C1. The number of nitrogens with one attached hydrogen (secondary N) is 1. The molecule has 8 nitrogen and oxygen atoms in total. The van der Waals surface area contributed by atoms with Crippen LogP contribution in [0.4, 0.5) is 5.69 Å². The Morgan fingerprint density at radius 2 is 2.07 bits per heavy atom. The van der Waals surface area contributed by atoms with E-state index in [0.717, 1.165) is 0 Å². The standard InChI is InChI=1S/C18H26N2O6S/c1-4-27(24,25)20-9-5-6-14(11-20)17(21)19-15-10-13(18(22)23)7-8-16(15)26-12(2)3/h7-8,10,12,14H,4-6,9,11H2,1-3H3,(H,19,21)(H,22,23). The van der Waals surface area contributed by atoms with Crippen LogP contribution in [0.25, 0.3) is 0 Å². The molecule has 1 unspecified atom stereocenters. The number of sulfonamides is 1. The summed E-state index contributed by atoms with van der Waals surface area (Å²) in [6.45, 7) is 5.76. The van der Waals surface area contributed by atoms with Gasteiger partial charge in [0, 0.05) is 13.1 Å². The van der Waals surface area contributed by atoms with Gasteiger partial charge in [-0.1, -0.05) is 0 Å². The zero-order chi connectivity index (χ0) is 20.2. The average Bonchev–Trinajstić information content (AvgIpc) is 2.62. The number of piperidine rings is 1. The van der Waals surface area contributed by atoms with Gasteiger partial charge in [0.15, 0.2) is 0 Å². The van der Waals surface area contributed by atoms with Crippen LogP contribution in [-0.4, -0.2) is 54.7 Å². The number of ether oxygens (including phenoxy) is 1. The summed E-state index contributed by atoms with van der Waals surface area (Å²) >= 11 is 0. The van der Waals surface area contributed by atoms with Gasteiger partial charge in [-0.3, -0.25) is 4.79 Å². The Kier molecular flexibility index (Phi) is 6.83. The molecular formula is C18H26N2O6S. The highest BCUT2D eigenvalue weighted by Crippen LogP contribution is 2.29. The third-order valence-electron chi connectivity index (χ3n) is 4.36. The van der Waals surface area contributed by atoms with E-state index < -0.39 is 21.9 Å². The monoisotopic (exact) mass is 398 g/mol. The van der Waals surface area contributed by atoms with Crippen LogP contribution in [0.2, 0.25) is 0 Å². The Morgan fingerprint density at radius 1 is 1.37 bits per heavy atom. The first kappa shape index (κ1) is 21.2. The lowest BCUT2D eigenvalue weighted by molar-refractivity contribution is -0.120. The topological polar surface area (TPSA) is 113 Å². The van der Waals surface area contributed by atoms with Crippen molar-refractivity contribution in [3.8, 4) is 5.75 Å². The number of aromatic carboxylic acids is 1. The molecular weight excluding hydrogens is 372 g/mol. The van der Waals surface area contributed by atoms with E-state index in [-0.39, 0.29) is 35.6 Å². The van der Waals surface area contributed by atoms with Gasteiger partial charge in [-0.15, -0.1) is 0 Å². The zero-order valence-electron chi connectivity index (χ0n) is 15.8. The van der Waals surface area contributed by atoms with Gasteiger partial charge in [0.05, 0.1) is 29.0 Å². The lowest BCUT2D eigenvalue weighted by Gasteiger charge is -2.31. The molecule has 1 aromatic rings. The van der Waals surface area contributed by atoms with Crippen LogP contribution >= 0.6 is 0 Å². The van der Waals surface area contributed by atoms with Gasteiger partial charge in [-0.05, 0) is 51.8 Å². The summed E-state index contributed by atoms with van der Waals surface area (Å²) in [7, 11) is -3.35. The Morgan fingerprint density at radius 3 is 2.67 bits per heavy atom. The summed E-state index contributed by atoms with van der Waals surface area (Å²) < 4.78 is 31.2. The molecule has 1 atom stereocenters. The van der Waals surface area contributed by atoms with Crippen molar-refractivity contribution in [2.45, 2.75) is 39.7 Å². The normalized spacial score (nSPS) is 18.3. The first-order chi connectivity index (χ1) is 12.6. The molecule has 1 aromatic carbocycles. The fourth-order valence-corrected chi connectivity index (χ4v) is 4.12. The summed E-state index contributed by atoms with van der Waals surface area (Å²) in [6, 6.07) is 4.26. The Labute approximate surface area is 159 Å². The molecule has 0 saturated carbocycles. The minimum absolute atomic E-state index is 0.00558. The van der Waals surface area contributed by atoms with Crippen LogP contribution in [0.1, 0.15) is 44.0 Å². The number of anilines is 1. The van der Waals surface area contributed by atoms with Crippen LogP contribution in [0, 0.1) is 5.92 Å². The number of carboxylic acid groups (broad SMARTS) is 1. The highest BCUT2D eigenvalue weighted by Gasteiger charge is 2.31. The molecule has 1 aliphatic heterocycles. The molecule has 150 valence electrons. The van der Waals surface area contributed by atoms with Crippen LogP contribution in [0.5, 0.6) is 5.75 Å². The van der Waals surface area contributed by atoms with E-state index in [9.17, 15) is 23.1 Å². The number of carboxylic acids is 1. The number of carbonyl (C=O) groups is 2. The number of benzene rings is 1. The molecule has 2 rings (SSSR count). The zero-order valence-corrected chi connectivity index (χ0v) is 16.6. The third kappa shape index (κ3) is 5.43. The van der Waals surface area contributed by atoms with E-state index in [4.69, 9.17) is 4.74 Å². The third-order valence-corrected chi connectivity index (χ3v) is 6.21. The molecule has 1 heterocycles. The van der Waals surface area contributed by atoms with Crippen molar-refractivity contribution in [2.75, 3.05) is 24.2 Å². The molecule has 1 saturated heterocycles. The summed E-state index contributed by atoms with van der Waals surface area (Å²) in [4.78, 5) is 23.9. The van der Waals surface area contributed by atoms with Gasteiger partial charge in [0.25, 0.3) is 0 Å². The fourth-order valence-electron chi connectivity index (χ4n) is 2.94. The van der Waals surface area contributed by atoms with Crippen molar-refractivity contribution in [1.29, 1.82) is 0 Å². The molecule has 0 bridgehead atoms. The first-order valence-electron chi connectivity index (χ1n) is 8.96. The molecule has 0 aliphatic carbocycles. The Hall–Kier alpha value is -2.13. The fraction of sp³-hybridized carbons (Fsp3) is 0.556.